The molecule has 0 aromatic heterocycles. The Labute approximate surface area is 130 Å². The van der Waals surface area contributed by atoms with E-state index in [2.05, 4.69) is 50.4 Å². The number of rotatable bonds is 4. The normalized spacial score (nSPS) is 14.1. The molecule has 0 fully saturated rings. The molecule has 1 nitrogen and oxygen atoms in total. The van der Waals surface area contributed by atoms with Crippen molar-refractivity contribution in [3.63, 3.8) is 0 Å². The van der Waals surface area contributed by atoms with Crippen LogP contribution in [0.15, 0.2) is 42.5 Å². The molecule has 2 rings (SSSR count). The van der Waals surface area contributed by atoms with Crippen LogP contribution in [0, 0.1) is 6.92 Å². The zero-order chi connectivity index (χ0) is 14.7. The Bertz CT molecular complexity index is 595. The largest absolute Gasteiger partial charge is 0.304 e. The zero-order valence-electron chi connectivity index (χ0n) is 12.0. The van der Waals surface area contributed by atoms with Gasteiger partial charge >= 0.3 is 0 Å². The molecule has 0 aliphatic carbocycles. The number of hydrogen-bond donors (Lipinski definition) is 1. The van der Waals surface area contributed by atoms with E-state index < -0.39 is 0 Å². The molecule has 0 amide bonds. The van der Waals surface area contributed by atoms with Crippen LogP contribution in [-0.2, 0) is 0 Å². The van der Waals surface area contributed by atoms with E-state index in [1.807, 2.05) is 18.2 Å². The maximum Gasteiger partial charge on any atom is 0.0595 e. The molecule has 106 valence electrons. The van der Waals surface area contributed by atoms with Crippen LogP contribution in [0.25, 0.3) is 0 Å². The average molecular weight is 308 g/mol. The van der Waals surface area contributed by atoms with E-state index in [1.54, 1.807) is 0 Å². The van der Waals surface area contributed by atoms with Crippen molar-refractivity contribution in [3.8, 4) is 0 Å². The molecule has 0 aliphatic rings. The van der Waals surface area contributed by atoms with Crippen molar-refractivity contribution in [1.82, 2.24) is 5.32 Å². The predicted octanol–water partition coefficient (Wildman–Crippen LogP) is 5.71. The van der Waals surface area contributed by atoms with Gasteiger partial charge in [0.1, 0.15) is 0 Å². The third-order valence-electron chi connectivity index (χ3n) is 3.49. The summed E-state index contributed by atoms with van der Waals surface area (Å²) >= 11 is 12.0. The molecule has 0 saturated carbocycles. The molecule has 0 radical (unpaired) electrons. The van der Waals surface area contributed by atoms with Gasteiger partial charge in [-0.05, 0) is 44.0 Å². The molecular formula is C17H19Cl2N. The SMILES string of the molecule is Cc1cccc(C(C)NC(C)c2ccc(Cl)c(Cl)c2)c1. The lowest BCUT2D eigenvalue weighted by Crippen LogP contribution is -2.22. The molecule has 0 aliphatic heterocycles. The highest BCUT2D eigenvalue weighted by Gasteiger charge is 2.12. The van der Waals surface area contributed by atoms with Crippen LogP contribution in [0.2, 0.25) is 10.0 Å². The fourth-order valence-corrected chi connectivity index (χ4v) is 2.60. The molecule has 0 spiro atoms. The van der Waals surface area contributed by atoms with Crippen LogP contribution in [0.5, 0.6) is 0 Å². The van der Waals surface area contributed by atoms with E-state index in [9.17, 15) is 0 Å². The van der Waals surface area contributed by atoms with Crippen LogP contribution < -0.4 is 5.32 Å². The fourth-order valence-electron chi connectivity index (χ4n) is 2.29. The van der Waals surface area contributed by atoms with Crippen molar-refractivity contribution in [2.45, 2.75) is 32.9 Å². The number of benzene rings is 2. The van der Waals surface area contributed by atoms with Crippen molar-refractivity contribution < 1.29 is 0 Å². The number of aryl methyl sites for hydroxylation is 1. The highest BCUT2D eigenvalue weighted by molar-refractivity contribution is 6.42. The lowest BCUT2D eigenvalue weighted by Gasteiger charge is -2.21. The van der Waals surface area contributed by atoms with Gasteiger partial charge in [-0.15, -0.1) is 0 Å². The average Bonchev–Trinajstić information content (AvgIpc) is 2.41. The summed E-state index contributed by atoms with van der Waals surface area (Å²) in [4.78, 5) is 0. The van der Waals surface area contributed by atoms with E-state index >= 15 is 0 Å². The van der Waals surface area contributed by atoms with Crippen LogP contribution >= 0.6 is 23.2 Å². The van der Waals surface area contributed by atoms with Gasteiger partial charge in [0.15, 0.2) is 0 Å². The minimum atomic E-state index is 0.209. The maximum atomic E-state index is 6.07. The first-order chi connectivity index (χ1) is 9.47. The van der Waals surface area contributed by atoms with Gasteiger partial charge in [0.05, 0.1) is 10.0 Å². The smallest absolute Gasteiger partial charge is 0.0595 e. The van der Waals surface area contributed by atoms with Gasteiger partial charge in [-0.25, -0.2) is 0 Å². The van der Waals surface area contributed by atoms with Crippen molar-refractivity contribution in [1.29, 1.82) is 0 Å². The third kappa shape index (κ3) is 3.76. The quantitative estimate of drug-likeness (QED) is 0.762. The Hall–Kier alpha value is -1.02. The number of nitrogens with one attached hydrogen (secondary N) is 1. The summed E-state index contributed by atoms with van der Waals surface area (Å²) < 4.78 is 0. The van der Waals surface area contributed by atoms with Crippen LogP contribution in [-0.4, -0.2) is 0 Å². The van der Waals surface area contributed by atoms with E-state index in [4.69, 9.17) is 23.2 Å². The Morgan fingerprint density at radius 2 is 1.50 bits per heavy atom. The molecule has 0 heterocycles. The fraction of sp³-hybridized carbons (Fsp3) is 0.294. The molecule has 2 atom stereocenters. The number of hydrogen-bond acceptors (Lipinski definition) is 1. The number of halogens is 2. The first-order valence-electron chi connectivity index (χ1n) is 6.75. The molecular weight excluding hydrogens is 289 g/mol. The monoisotopic (exact) mass is 307 g/mol. The summed E-state index contributed by atoms with van der Waals surface area (Å²) in [6.07, 6.45) is 0. The summed E-state index contributed by atoms with van der Waals surface area (Å²) in [5.74, 6) is 0. The van der Waals surface area contributed by atoms with Gasteiger partial charge in [0.2, 0.25) is 0 Å². The topological polar surface area (TPSA) is 12.0 Å². The molecule has 2 unspecified atom stereocenters. The maximum absolute atomic E-state index is 6.07. The minimum Gasteiger partial charge on any atom is -0.304 e. The van der Waals surface area contributed by atoms with E-state index in [-0.39, 0.29) is 12.1 Å². The lowest BCUT2D eigenvalue weighted by molar-refractivity contribution is 0.494. The molecule has 2 aromatic rings. The second kappa shape index (κ2) is 6.62. The van der Waals surface area contributed by atoms with E-state index in [1.165, 1.54) is 11.1 Å². The molecule has 0 bridgehead atoms. The molecule has 0 saturated heterocycles. The highest BCUT2D eigenvalue weighted by atomic mass is 35.5. The Balaban J connectivity index is 2.10. The Kier molecular flexibility index (Phi) is 5.09. The summed E-state index contributed by atoms with van der Waals surface area (Å²) in [5.41, 5.74) is 3.70. The molecule has 3 heteroatoms. The van der Waals surface area contributed by atoms with E-state index in [0.717, 1.165) is 5.56 Å². The zero-order valence-corrected chi connectivity index (χ0v) is 13.5. The van der Waals surface area contributed by atoms with Gasteiger partial charge in [0.25, 0.3) is 0 Å². The summed E-state index contributed by atoms with van der Waals surface area (Å²) in [7, 11) is 0. The van der Waals surface area contributed by atoms with Crippen molar-refractivity contribution in [2.24, 2.45) is 0 Å². The lowest BCUT2D eigenvalue weighted by atomic mass is 10.0. The Morgan fingerprint density at radius 1 is 0.850 bits per heavy atom. The van der Waals surface area contributed by atoms with E-state index in [0.29, 0.717) is 10.0 Å². The van der Waals surface area contributed by atoms with Gasteiger partial charge in [-0.2, -0.15) is 0 Å². The van der Waals surface area contributed by atoms with Crippen molar-refractivity contribution >= 4 is 23.2 Å². The minimum absolute atomic E-state index is 0.209. The molecule has 20 heavy (non-hydrogen) atoms. The van der Waals surface area contributed by atoms with Crippen LogP contribution in [0.3, 0.4) is 0 Å². The first-order valence-corrected chi connectivity index (χ1v) is 7.50. The molecule has 2 aromatic carbocycles. The standard InChI is InChI=1S/C17H19Cl2N/c1-11-5-4-6-14(9-11)12(2)20-13(3)15-7-8-16(18)17(19)10-15/h4-10,12-13,20H,1-3H3. The molecule has 1 N–H and O–H groups in total. The van der Waals surface area contributed by atoms with Gasteiger partial charge in [-0.3, -0.25) is 0 Å². The first kappa shape index (κ1) is 15.4. The third-order valence-corrected chi connectivity index (χ3v) is 4.22. The van der Waals surface area contributed by atoms with Crippen molar-refractivity contribution in [2.75, 3.05) is 0 Å². The summed E-state index contributed by atoms with van der Waals surface area (Å²) in [5, 5.41) is 4.77. The van der Waals surface area contributed by atoms with Gasteiger partial charge in [-0.1, -0.05) is 59.1 Å². The van der Waals surface area contributed by atoms with Gasteiger partial charge in [0, 0.05) is 12.1 Å². The summed E-state index contributed by atoms with van der Waals surface area (Å²) in [6.45, 7) is 6.41. The van der Waals surface area contributed by atoms with Crippen LogP contribution in [0.1, 0.15) is 42.6 Å². The second-order valence-electron chi connectivity index (χ2n) is 5.20. The summed E-state index contributed by atoms with van der Waals surface area (Å²) in [6, 6.07) is 14.8. The van der Waals surface area contributed by atoms with Gasteiger partial charge < -0.3 is 5.32 Å². The Morgan fingerprint density at radius 3 is 2.10 bits per heavy atom. The second-order valence-corrected chi connectivity index (χ2v) is 6.01. The predicted molar refractivity (Wildman–Crippen MR) is 87.6 cm³/mol. The highest BCUT2D eigenvalue weighted by Crippen LogP contribution is 2.27. The van der Waals surface area contributed by atoms with Crippen LogP contribution in [0.4, 0.5) is 0 Å². The van der Waals surface area contributed by atoms with Crippen molar-refractivity contribution in [3.05, 3.63) is 69.2 Å².